The van der Waals surface area contributed by atoms with Crippen molar-refractivity contribution in [2.24, 2.45) is 10.2 Å². The molecule has 0 heterocycles. The Morgan fingerprint density at radius 1 is 0.583 bits per heavy atom. The van der Waals surface area contributed by atoms with Gasteiger partial charge in [0.05, 0.1) is 11.4 Å². The van der Waals surface area contributed by atoms with Gasteiger partial charge in [0.25, 0.3) is 0 Å². The Morgan fingerprint density at radius 2 is 0.917 bits per heavy atom. The van der Waals surface area contributed by atoms with Crippen LogP contribution in [-0.4, -0.2) is 11.4 Å². The van der Waals surface area contributed by atoms with Crippen molar-refractivity contribution < 1.29 is 0 Å². The van der Waals surface area contributed by atoms with Crippen molar-refractivity contribution in [3.8, 4) is 0 Å². The summed E-state index contributed by atoms with van der Waals surface area (Å²) in [7, 11) is 0. The molecule has 4 nitrogen and oxygen atoms in total. The van der Waals surface area contributed by atoms with E-state index in [1.54, 1.807) is 0 Å². The van der Waals surface area contributed by atoms with E-state index in [-0.39, 0.29) is 0 Å². The molecule has 2 aromatic carbocycles. The maximum absolute atomic E-state index is 4.52. The zero-order valence-corrected chi connectivity index (χ0v) is 16.3. The van der Waals surface area contributed by atoms with Crippen molar-refractivity contribution in [3.63, 3.8) is 0 Å². The number of nitrogens with zero attached hydrogens (tertiary/aromatic N) is 2. The Kier molecular flexibility index (Phi) is 6.04. The van der Waals surface area contributed by atoms with E-state index in [2.05, 4.69) is 52.9 Å². The molecule has 2 aromatic rings. The van der Waals surface area contributed by atoms with E-state index in [9.17, 15) is 0 Å². The molecule has 0 bridgehead atoms. The lowest BCUT2D eigenvalue weighted by Gasteiger charge is -2.15. The van der Waals surface area contributed by atoms with E-state index in [4.69, 9.17) is 0 Å². The van der Waals surface area contributed by atoms with Gasteiger partial charge in [0, 0.05) is 20.4 Å². The first kappa shape index (κ1) is 17.2. The van der Waals surface area contributed by atoms with Crippen LogP contribution in [0.25, 0.3) is 0 Å². The highest BCUT2D eigenvalue weighted by Crippen LogP contribution is 2.18. The van der Waals surface area contributed by atoms with Gasteiger partial charge in [-0.05, 0) is 74.2 Å². The summed E-state index contributed by atoms with van der Waals surface area (Å²) in [6.07, 6.45) is 3.80. The molecule has 6 heteroatoms. The zero-order valence-electron chi connectivity index (χ0n) is 13.1. The van der Waals surface area contributed by atoms with Crippen LogP contribution >= 0.6 is 31.9 Å². The first-order chi connectivity index (χ1) is 11.7. The van der Waals surface area contributed by atoms with Gasteiger partial charge in [-0.25, -0.2) is 0 Å². The minimum absolute atomic E-state index is 0.949. The van der Waals surface area contributed by atoms with Gasteiger partial charge in [-0.15, -0.1) is 0 Å². The first-order valence-electron chi connectivity index (χ1n) is 7.83. The van der Waals surface area contributed by atoms with Crippen LogP contribution in [0.3, 0.4) is 0 Å². The summed E-state index contributed by atoms with van der Waals surface area (Å²) in [4.78, 5) is 0. The molecule has 2 N–H and O–H groups in total. The summed E-state index contributed by atoms with van der Waals surface area (Å²) in [5, 5.41) is 9.03. The van der Waals surface area contributed by atoms with Gasteiger partial charge in [-0.1, -0.05) is 31.9 Å². The van der Waals surface area contributed by atoms with Crippen molar-refractivity contribution in [1.29, 1.82) is 0 Å². The van der Waals surface area contributed by atoms with Crippen molar-refractivity contribution >= 4 is 54.7 Å². The Hall–Kier alpha value is -1.66. The summed E-state index contributed by atoms with van der Waals surface area (Å²) >= 11 is 6.86. The van der Waals surface area contributed by atoms with Crippen LogP contribution in [0.4, 0.5) is 11.4 Å². The average Bonchev–Trinajstić information content (AvgIpc) is 2.62. The highest BCUT2D eigenvalue weighted by atomic mass is 79.9. The van der Waals surface area contributed by atoms with Crippen LogP contribution in [0.15, 0.2) is 67.7 Å². The number of hydrogen-bond donors (Lipinski definition) is 2. The van der Waals surface area contributed by atoms with Gasteiger partial charge in [0.2, 0.25) is 0 Å². The van der Waals surface area contributed by atoms with Gasteiger partial charge >= 0.3 is 0 Å². The van der Waals surface area contributed by atoms with E-state index in [0.29, 0.717) is 0 Å². The predicted molar refractivity (Wildman–Crippen MR) is 109 cm³/mol. The number of rotatable bonds is 4. The smallest absolute Gasteiger partial charge is 0.0562 e. The molecule has 0 spiro atoms. The fourth-order valence-electron chi connectivity index (χ4n) is 2.39. The standard InChI is InChI=1S/C18H18Br2N4/c19-13-1-5-15(6-2-13)21-23-17-9-11-18(12-10-17)24-22-16-7-3-14(20)4-8-16/h1-8,21-22H,9-12H2. The molecular weight excluding hydrogens is 432 g/mol. The largest absolute Gasteiger partial charge is 0.279 e. The van der Waals surface area contributed by atoms with E-state index in [0.717, 1.165) is 46.0 Å². The van der Waals surface area contributed by atoms with Crippen molar-refractivity contribution in [3.05, 3.63) is 57.5 Å². The molecule has 0 amide bonds. The van der Waals surface area contributed by atoms with Gasteiger partial charge in [0.1, 0.15) is 0 Å². The highest BCUT2D eigenvalue weighted by Gasteiger charge is 2.13. The Balaban J connectivity index is 1.49. The molecule has 1 saturated carbocycles. The fourth-order valence-corrected chi connectivity index (χ4v) is 2.92. The Morgan fingerprint density at radius 3 is 1.25 bits per heavy atom. The fraction of sp³-hybridized carbons (Fsp3) is 0.222. The van der Waals surface area contributed by atoms with E-state index >= 15 is 0 Å². The summed E-state index contributed by atoms with van der Waals surface area (Å²) < 4.78 is 2.13. The molecule has 0 atom stereocenters. The topological polar surface area (TPSA) is 48.8 Å². The summed E-state index contributed by atoms with van der Waals surface area (Å²) in [5.41, 5.74) is 10.6. The normalized spacial score (nSPS) is 14.2. The number of benzene rings is 2. The van der Waals surface area contributed by atoms with Gasteiger partial charge in [-0.2, -0.15) is 10.2 Å². The average molecular weight is 450 g/mol. The van der Waals surface area contributed by atoms with Crippen LogP contribution in [0.5, 0.6) is 0 Å². The first-order valence-corrected chi connectivity index (χ1v) is 9.42. The lowest BCUT2D eigenvalue weighted by molar-refractivity contribution is 0.935. The van der Waals surface area contributed by atoms with E-state index in [1.807, 2.05) is 48.5 Å². The minimum Gasteiger partial charge on any atom is -0.279 e. The number of hydrazone groups is 2. The Labute approximate surface area is 158 Å². The second-order valence-electron chi connectivity index (χ2n) is 5.59. The molecule has 0 aromatic heterocycles. The summed E-state index contributed by atoms with van der Waals surface area (Å²) in [6.45, 7) is 0. The SMILES string of the molecule is Brc1ccc(NN=C2CCC(=NNc3ccc(Br)cc3)CC2)cc1. The number of hydrogen-bond acceptors (Lipinski definition) is 4. The molecule has 1 aliphatic carbocycles. The monoisotopic (exact) mass is 448 g/mol. The lowest BCUT2D eigenvalue weighted by Crippen LogP contribution is -2.16. The maximum Gasteiger partial charge on any atom is 0.0562 e. The minimum atomic E-state index is 0.949. The second-order valence-corrected chi connectivity index (χ2v) is 7.42. The van der Waals surface area contributed by atoms with Crippen molar-refractivity contribution in [1.82, 2.24) is 0 Å². The third-order valence-electron chi connectivity index (χ3n) is 3.78. The third kappa shape index (κ3) is 5.18. The molecule has 24 heavy (non-hydrogen) atoms. The number of anilines is 2. The molecule has 0 radical (unpaired) electrons. The van der Waals surface area contributed by atoms with Crippen LogP contribution in [-0.2, 0) is 0 Å². The van der Waals surface area contributed by atoms with Gasteiger partial charge in [0.15, 0.2) is 0 Å². The second kappa shape index (κ2) is 8.44. The summed E-state index contributed by atoms with van der Waals surface area (Å²) in [5.74, 6) is 0. The van der Waals surface area contributed by atoms with Crippen LogP contribution in [0.2, 0.25) is 0 Å². The molecule has 124 valence electrons. The molecule has 0 aliphatic heterocycles. The number of halogens is 2. The molecule has 1 fully saturated rings. The van der Waals surface area contributed by atoms with Gasteiger partial charge < -0.3 is 0 Å². The third-order valence-corrected chi connectivity index (χ3v) is 4.84. The maximum atomic E-state index is 4.52. The number of nitrogens with one attached hydrogen (secondary N) is 2. The van der Waals surface area contributed by atoms with Crippen molar-refractivity contribution in [2.75, 3.05) is 10.9 Å². The van der Waals surface area contributed by atoms with E-state index < -0.39 is 0 Å². The molecule has 1 aliphatic rings. The van der Waals surface area contributed by atoms with Gasteiger partial charge in [-0.3, -0.25) is 10.9 Å². The molecule has 0 saturated heterocycles. The quantitative estimate of drug-likeness (QED) is 0.560. The van der Waals surface area contributed by atoms with Crippen LogP contribution in [0.1, 0.15) is 25.7 Å². The molecule has 0 unspecified atom stereocenters. The van der Waals surface area contributed by atoms with E-state index in [1.165, 1.54) is 11.4 Å². The zero-order chi connectivity index (χ0) is 16.8. The van der Waals surface area contributed by atoms with Crippen molar-refractivity contribution in [2.45, 2.75) is 25.7 Å². The summed E-state index contributed by atoms with van der Waals surface area (Å²) in [6, 6.07) is 16.0. The van der Waals surface area contributed by atoms with Crippen LogP contribution in [0, 0.1) is 0 Å². The molecule has 3 rings (SSSR count). The highest BCUT2D eigenvalue weighted by molar-refractivity contribution is 9.10. The predicted octanol–water partition coefficient (Wildman–Crippen LogP) is 6.02. The molecular formula is C18H18Br2N4. The lowest BCUT2D eigenvalue weighted by atomic mass is 9.97. The Bertz CT molecular complexity index is 659. The van der Waals surface area contributed by atoms with Crippen LogP contribution < -0.4 is 10.9 Å².